The molecule has 3 rings (SSSR count). The third-order valence-electron chi connectivity index (χ3n) is 3.58. The summed E-state index contributed by atoms with van der Waals surface area (Å²) in [6, 6.07) is 13.0. The molecule has 0 saturated heterocycles. The van der Waals surface area contributed by atoms with Gasteiger partial charge in [-0.05, 0) is 53.3 Å². The van der Waals surface area contributed by atoms with Gasteiger partial charge in [0.1, 0.15) is 0 Å². The summed E-state index contributed by atoms with van der Waals surface area (Å²) in [7, 11) is -4.01. The molecular weight excluding hydrogens is 429 g/mol. The zero-order chi connectivity index (χ0) is 16.8. The highest BCUT2D eigenvalue weighted by Crippen LogP contribution is 2.33. The van der Waals surface area contributed by atoms with Gasteiger partial charge in [-0.3, -0.25) is 0 Å². The van der Waals surface area contributed by atoms with Crippen LogP contribution in [0.25, 0.3) is 10.9 Å². The van der Waals surface area contributed by atoms with Gasteiger partial charge in [0.15, 0.2) is 5.69 Å². The smallest absolute Gasteiger partial charge is 0.354 e. The van der Waals surface area contributed by atoms with Crippen LogP contribution in [0, 0.1) is 10.5 Å². The van der Waals surface area contributed by atoms with E-state index in [2.05, 4.69) is 0 Å². The Labute approximate surface area is 146 Å². The summed E-state index contributed by atoms with van der Waals surface area (Å²) in [5, 5.41) is 10.2. The average Bonchev–Trinajstić information content (AvgIpc) is 2.83. The molecule has 7 heteroatoms. The summed E-state index contributed by atoms with van der Waals surface area (Å²) >= 11 is 1.89. The van der Waals surface area contributed by atoms with Crippen LogP contribution < -0.4 is 0 Å². The highest BCUT2D eigenvalue weighted by Gasteiger charge is 2.30. The first-order valence-corrected chi connectivity index (χ1v) is 9.21. The lowest BCUT2D eigenvalue weighted by Gasteiger charge is -2.10. The van der Waals surface area contributed by atoms with Crippen molar-refractivity contribution in [1.29, 1.82) is 0 Å². The van der Waals surface area contributed by atoms with Crippen molar-refractivity contribution in [3.05, 3.63) is 63.4 Å². The van der Waals surface area contributed by atoms with Crippen molar-refractivity contribution in [2.45, 2.75) is 11.8 Å². The largest absolute Gasteiger partial charge is 0.477 e. The molecule has 1 heterocycles. The number of aryl methyl sites for hydroxylation is 1. The minimum atomic E-state index is -4.01. The lowest BCUT2D eigenvalue weighted by Crippen LogP contribution is -2.19. The van der Waals surface area contributed by atoms with Gasteiger partial charge in [0.05, 0.1) is 14.0 Å². The molecule has 0 atom stereocenters. The van der Waals surface area contributed by atoms with Crippen LogP contribution in [0.2, 0.25) is 0 Å². The first-order valence-electron chi connectivity index (χ1n) is 6.69. The highest BCUT2D eigenvalue weighted by atomic mass is 127. The molecule has 0 aliphatic carbocycles. The second-order valence-corrected chi connectivity index (χ2v) is 7.88. The molecule has 5 nitrogen and oxygen atoms in total. The third-order valence-corrected chi connectivity index (χ3v) is 6.36. The second-order valence-electron chi connectivity index (χ2n) is 5.02. The van der Waals surface area contributed by atoms with E-state index < -0.39 is 16.0 Å². The zero-order valence-corrected chi connectivity index (χ0v) is 15.0. The van der Waals surface area contributed by atoms with Crippen LogP contribution in [-0.2, 0) is 10.0 Å². The molecular formula is C16H12INO4S. The Kier molecular flexibility index (Phi) is 3.93. The highest BCUT2D eigenvalue weighted by molar-refractivity contribution is 14.1. The van der Waals surface area contributed by atoms with E-state index in [0.717, 1.165) is 9.54 Å². The normalized spacial score (nSPS) is 11.7. The molecule has 23 heavy (non-hydrogen) atoms. The Hall–Kier alpha value is -1.87. The Morgan fingerprint density at radius 3 is 2.35 bits per heavy atom. The number of carbonyl (C=O) groups is 1. The molecule has 0 fully saturated rings. The number of nitrogens with zero attached hydrogens (tertiary/aromatic N) is 1. The molecule has 0 spiro atoms. The molecule has 0 unspecified atom stereocenters. The minimum Gasteiger partial charge on any atom is -0.477 e. The third kappa shape index (κ3) is 2.43. The zero-order valence-electron chi connectivity index (χ0n) is 12.0. The molecule has 0 aliphatic rings. The maximum absolute atomic E-state index is 13.0. The molecule has 0 saturated carbocycles. The topological polar surface area (TPSA) is 76.4 Å². The molecule has 0 amide bonds. The van der Waals surface area contributed by atoms with Gasteiger partial charge in [0, 0.05) is 5.39 Å². The first kappa shape index (κ1) is 16.0. The van der Waals surface area contributed by atoms with Gasteiger partial charge in [0.25, 0.3) is 10.0 Å². The summed E-state index contributed by atoms with van der Waals surface area (Å²) in [6.45, 7) is 1.83. The van der Waals surface area contributed by atoms with Crippen LogP contribution in [0.4, 0.5) is 0 Å². The molecule has 0 radical (unpaired) electrons. The van der Waals surface area contributed by atoms with E-state index in [0.29, 0.717) is 14.5 Å². The van der Waals surface area contributed by atoms with Gasteiger partial charge < -0.3 is 5.11 Å². The van der Waals surface area contributed by atoms with Gasteiger partial charge >= 0.3 is 5.97 Å². The van der Waals surface area contributed by atoms with Gasteiger partial charge in [-0.2, -0.15) is 0 Å². The SMILES string of the molecule is Cc1cccc2c1c(I)c(C(=O)O)n2S(=O)(=O)c1ccccc1. The van der Waals surface area contributed by atoms with Crippen molar-refractivity contribution >= 4 is 49.5 Å². The standard InChI is InChI=1S/C16H12INO4S/c1-10-6-5-9-12-13(10)14(17)15(16(19)20)18(12)23(21,22)11-7-3-2-4-8-11/h2-9H,1H3,(H,19,20). The van der Waals surface area contributed by atoms with Crippen LogP contribution in [0.3, 0.4) is 0 Å². The predicted octanol–water partition coefficient (Wildman–Crippen LogP) is 3.49. The lowest BCUT2D eigenvalue weighted by atomic mass is 10.1. The minimum absolute atomic E-state index is 0.0531. The van der Waals surface area contributed by atoms with E-state index in [-0.39, 0.29) is 10.6 Å². The van der Waals surface area contributed by atoms with Crippen molar-refractivity contribution < 1.29 is 18.3 Å². The summed E-state index contributed by atoms with van der Waals surface area (Å²) in [5.41, 5.74) is 0.964. The molecule has 2 aromatic carbocycles. The maximum atomic E-state index is 13.0. The molecule has 0 aliphatic heterocycles. The summed E-state index contributed by atoms with van der Waals surface area (Å²) < 4.78 is 27.3. The number of aromatic nitrogens is 1. The van der Waals surface area contributed by atoms with E-state index >= 15 is 0 Å². The monoisotopic (exact) mass is 441 g/mol. The van der Waals surface area contributed by atoms with Crippen molar-refractivity contribution in [3.63, 3.8) is 0 Å². The number of rotatable bonds is 3. The van der Waals surface area contributed by atoms with E-state index in [1.807, 2.05) is 35.6 Å². The van der Waals surface area contributed by atoms with Crippen LogP contribution in [0.1, 0.15) is 16.1 Å². The summed E-state index contributed by atoms with van der Waals surface area (Å²) in [6.07, 6.45) is 0. The van der Waals surface area contributed by atoms with Gasteiger partial charge in [0.2, 0.25) is 0 Å². The lowest BCUT2D eigenvalue weighted by molar-refractivity contribution is 0.0688. The number of carboxylic acid groups (broad SMARTS) is 1. The van der Waals surface area contributed by atoms with Crippen molar-refractivity contribution in [2.24, 2.45) is 0 Å². The van der Waals surface area contributed by atoms with Gasteiger partial charge in [-0.1, -0.05) is 30.3 Å². The molecule has 0 bridgehead atoms. The Bertz CT molecular complexity index is 1020. The predicted molar refractivity (Wildman–Crippen MR) is 95.4 cm³/mol. The molecule has 1 N–H and O–H groups in total. The van der Waals surface area contributed by atoms with E-state index in [1.54, 1.807) is 30.3 Å². The van der Waals surface area contributed by atoms with Gasteiger partial charge in [-0.25, -0.2) is 17.2 Å². The van der Waals surface area contributed by atoms with Crippen molar-refractivity contribution in [3.8, 4) is 0 Å². The maximum Gasteiger partial charge on any atom is 0.354 e. The Balaban J connectivity index is 2.49. The van der Waals surface area contributed by atoms with Crippen LogP contribution in [0.5, 0.6) is 0 Å². The second kappa shape index (κ2) is 5.64. The number of aromatic carboxylic acids is 1. The number of hydrogen-bond donors (Lipinski definition) is 1. The molecule has 118 valence electrons. The summed E-state index contributed by atoms with van der Waals surface area (Å²) in [5.74, 6) is -1.27. The van der Waals surface area contributed by atoms with Gasteiger partial charge in [-0.15, -0.1) is 0 Å². The van der Waals surface area contributed by atoms with E-state index in [1.165, 1.54) is 12.1 Å². The fraction of sp³-hybridized carbons (Fsp3) is 0.0625. The Morgan fingerprint density at radius 1 is 1.09 bits per heavy atom. The number of halogens is 1. The van der Waals surface area contributed by atoms with Crippen molar-refractivity contribution in [1.82, 2.24) is 3.97 Å². The fourth-order valence-electron chi connectivity index (χ4n) is 2.56. The first-order chi connectivity index (χ1) is 10.9. The molecule has 3 aromatic rings. The van der Waals surface area contributed by atoms with E-state index in [9.17, 15) is 18.3 Å². The average molecular weight is 441 g/mol. The van der Waals surface area contributed by atoms with Crippen LogP contribution in [-0.4, -0.2) is 23.5 Å². The number of carboxylic acids is 1. The summed E-state index contributed by atoms with van der Waals surface area (Å²) in [4.78, 5) is 11.8. The Morgan fingerprint density at radius 2 is 1.74 bits per heavy atom. The molecule has 1 aromatic heterocycles. The van der Waals surface area contributed by atoms with E-state index in [4.69, 9.17) is 0 Å². The van der Waals surface area contributed by atoms with Crippen molar-refractivity contribution in [2.75, 3.05) is 0 Å². The number of fused-ring (bicyclic) bond motifs is 1. The number of benzene rings is 2. The quantitative estimate of drug-likeness (QED) is 0.632. The van der Waals surface area contributed by atoms with Crippen LogP contribution in [0.15, 0.2) is 53.4 Å². The van der Waals surface area contributed by atoms with Crippen LogP contribution >= 0.6 is 22.6 Å². The number of hydrogen-bond acceptors (Lipinski definition) is 3. The fourth-order valence-corrected chi connectivity index (χ4v) is 5.43.